The fourth-order valence-electron chi connectivity index (χ4n) is 1.88. The van der Waals surface area contributed by atoms with Crippen LogP contribution < -0.4 is 10.1 Å². The molecule has 0 aliphatic rings. The number of phenols is 1. The quantitative estimate of drug-likeness (QED) is 0.838. The summed E-state index contributed by atoms with van der Waals surface area (Å²) < 4.78 is 18.9. The number of rotatable bonds is 6. The molecule has 0 saturated carbocycles. The topological polar surface area (TPSA) is 41.5 Å². The SMILES string of the molecule is CC(C)COc1ccccc1NCc1cc(F)ccc1O. The molecule has 0 bridgehead atoms. The fraction of sp³-hybridized carbons (Fsp3) is 0.294. The Balaban J connectivity index is 2.07. The number of anilines is 1. The largest absolute Gasteiger partial charge is 0.508 e. The minimum absolute atomic E-state index is 0.0736. The summed E-state index contributed by atoms with van der Waals surface area (Å²) in [6.45, 7) is 5.12. The van der Waals surface area contributed by atoms with Crippen LogP contribution in [0.2, 0.25) is 0 Å². The van der Waals surface area contributed by atoms with E-state index in [-0.39, 0.29) is 11.6 Å². The Kier molecular flexibility index (Phi) is 5.04. The van der Waals surface area contributed by atoms with E-state index in [1.807, 2.05) is 24.3 Å². The van der Waals surface area contributed by atoms with Crippen LogP contribution in [0.5, 0.6) is 11.5 Å². The summed E-state index contributed by atoms with van der Waals surface area (Å²) in [5, 5.41) is 12.9. The van der Waals surface area contributed by atoms with Gasteiger partial charge in [0.2, 0.25) is 0 Å². The average molecular weight is 289 g/mol. The Morgan fingerprint density at radius 3 is 2.71 bits per heavy atom. The lowest BCUT2D eigenvalue weighted by molar-refractivity contribution is 0.272. The van der Waals surface area contributed by atoms with Crippen LogP contribution in [0.3, 0.4) is 0 Å². The van der Waals surface area contributed by atoms with Crippen LogP contribution in [0.4, 0.5) is 10.1 Å². The van der Waals surface area contributed by atoms with Gasteiger partial charge in [-0.15, -0.1) is 0 Å². The predicted molar refractivity (Wildman–Crippen MR) is 82.2 cm³/mol. The first kappa shape index (κ1) is 15.2. The van der Waals surface area contributed by atoms with E-state index in [1.165, 1.54) is 18.2 Å². The molecule has 0 saturated heterocycles. The lowest BCUT2D eigenvalue weighted by Gasteiger charge is -2.15. The Hall–Kier alpha value is -2.23. The standard InChI is InChI=1S/C17H20FNO2/c1-12(2)11-21-17-6-4-3-5-15(17)19-10-13-9-14(18)7-8-16(13)20/h3-9,12,19-20H,10-11H2,1-2H3. The van der Waals surface area contributed by atoms with Crippen LogP contribution >= 0.6 is 0 Å². The van der Waals surface area contributed by atoms with E-state index in [1.54, 1.807) is 0 Å². The van der Waals surface area contributed by atoms with Gasteiger partial charge in [0.15, 0.2) is 0 Å². The van der Waals surface area contributed by atoms with Gasteiger partial charge in [-0.05, 0) is 36.2 Å². The third-order valence-corrected chi connectivity index (χ3v) is 2.97. The van der Waals surface area contributed by atoms with Gasteiger partial charge in [0.1, 0.15) is 17.3 Å². The van der Waals surface area contributed by atoms with Gasteiger partial charge in [-0.3, -0.25) is 0 Å². The Morgan fingerprint density at radius 2 is 1.95 bits per heavy atom. The normalized spacial score (nSPS) is 10.7. The minimum atomic E-state index is -0.367. The van der Waals surface area contributed by atoms with Crippen molar-refractivity contribution in [2.75, 3.05) is 11.9 Å². The summed E-state index contributed by atoms with van der Waals surface area (Å²) in [5.74, 6) is 0.894. The van der Waals surface area contributed by atoms with E-state index in [4.69, 9.17) is 4.74 Å². The monoisotopic (exact) mass is 289 g/mol. The first-order valence-electron chi connectivity index (χ1n) is 6.99. The van der Waals surface area contributed by atoms with Gasteiger partial charge in [-0.25, -0.2) is 4.39 Å². The van der Waals surface area contributed by atoms with E-state index in [2.05, 4.69) is 19.2 Å². The number of hydrogen-bond donors (Lipinski definition) is 2. The summed E-state index contributed by atoms with van der Waals surface area (Å²) >= 11 is 0. The molecule has 0 unspecified atom stereocenters. The van der Waals surface area contributed by atoms with Crippen LogP contribution in [-0.2, 0) is 6.54 Å². The molecular weight excluding hydrogens is 269 g/mol. The summed E-state index contributed by atoms with van der Waals surface area (Å²) in [5.41, 5.74) is 1.33. The molecule has 0 aliphatic carbocycles. The highest BCUT2D eigenvalue weighted by molar-refractivity contribution is 5.56. The third kappa shape index (κ3) is 4.38. The second kappa shape index (κ2) is 6.97. The van der Waals surface area contributed by atoms with Crippen LogP contribution in [0, 0.1) is 11.7 Å². The number of halogens is 1. The highest BCUT2D eigenvalue weighted by atomic mass is 19.1. The average Bonchev–Trinajstić information content (AvgIpc) is 2.47. The molecule has 2 rings (SSSR count). The first-order valence-corrected chi connectivity index (χ1v) is 6.99. The zero-order chi connectivity index (χ0) is 15.2. The molecular formula is C17H20FNO2. The van der Waals surface area contributed by atoms with Crippen molar-refractivity contribution in [3.8, 4) is 11.5 Å². The van der Waals surface area contributed by atoms with E-state index in [0.717, 1.165) is 11.4 Å². The number of benzene rings is 2. The van der Waals surface area contributed by atoms with Crippen molar-refractivity contribution in [3.05, 3.63) is 53.8 Å². The molecule has 2 N–H and O–H groups in total. The van der Waals surface area contributed by atoms with E-state index >= 15 is 0 Å². The summed E-state index contributed by atoms with van der Waals surface area (Å²) in [7, 11) is 0. The molecule has 4 heteroatoms. The molecule has 112 valence electrons. The number of phenolic OH excluding ortho intramolecular Hbond substituents is 1. The van der Waals surface area contributed by atoms with Crippen LogP contribution in [0.25, 0.3) is 0 Å². The number of hydrogen-bond acceptors (Lipinski definition) is 3. The molecule has 21 heavy (non-hydrogen) atoms. The van der Waals surface area contributed by atoms with Crippen LogP contribution in [0.15, 0.2) is 42.5 Å². The molecule has 0 spiro atoms. The van der Waals surface area contributed by atoms with Gasteiger partial charge in [0, 0.05) is 12.1 Å². The van der Waals surface area contributed by atoms with Crippen molar-refractivity contribution in [1.82, 2.24) is 0 Å². The van der Waals surface area contributed by atoms with Crippen molar-refractivity contribution in [1.29, 1.82) is 0 Å². The number of ether oxygens (including phenoxy) is 1. The zero-order valence-electron chi connectivity index (χ0n) is 12.3. The summed E-state index contributed by atoms with van der Waals surface area (Å²) in [6, 6.07) is 11.5. The number of para-hydroxylation sites is 2. The molecule has 0 aliphatic heterocycles. The molecule has 3 nitrogen and oxygen atoms in total. The van der Waals surface area contributed by atoms with E-state index in [9.17, 15) is 9.50 Å². The maximum atomic E-state index is 13.2. The van der Waals surface area contributed by atoms with Gasteiger partial charge in [-0.2, -0.15) is 0 Å². The fourth-order valence-corrected chi connectivity index (χ4v) is 1.88. The molecule has 2 aromatic carbocycles. The van der Waals surface area contributed by atoms with Gasteiger partial charge in [0.25, 0.3) is 0 Å². The lowest BCUT2D eigenvalue weighted by Crippen LogP contribution is -2.07. The molecule has 0 heterocycles. The highest BCUT2D eigenvalue weighted by Gasteiger charge is 2.06. The van der Waals surface area contributed by atoms with Crippen molar-refractivity contribution >= 4 is 5.69 Å². The first-order chi connectivity index (χ1) is 10.1. The molecule has 0 atom stereocenters. The molecule has 0 amide bonds. The second-order valence-corrected chi connectivity index (χ2v) is 5.33. The highest BCUT2D eigenvalue weighted by Crippen LogP contribution is 2.26. The maximum Gasteiger partial charge on any atom is 0.142 e. The number of nitrogens with one attached hydrogen (secondary N) is 1. The summed E-state index contributed by atoms with van der Waals surface area (Å²) in [6.07, 6.45) is 0. The molecule has 0 radical (unpaired) electrons. The Morgan fingerprint density at radius 1 is 1.19 bits per heavy atom. The predicted octanol–water partition coefficient (Wildman–Crippen LogP) is 4.18. The Bertz CT molecular complexity index is 599. The lowest BCUT2D eigenvalue weighted by atomic mass is 10.2. The van der Waals surface area contributed by atoms with Gasteiger partial charge in [0.05, 0.1) is 12.3 Å². The maximum absolute atomic E-state index is 13.2. The van der Waals surface area contributed by atoms with E-state index < -0.39 is 0 Å². The van der Waals surface area contributed by atoms with Crippen molar-refractivity contribution in [2.24, 2.45) is 5.92 Å². The van der Waals surface area contributed by atoms with Gasteiger partial charge in [-0.1, -0.05) is 26.0 Å². The minimum Gasteiger partial charge on any atom is -0.508 e. The molecule has 2 aromatic rings. The smallest absolute Gasteiger partial charge is 0.142 e. The van der Waals surface area contributed by atoms with Gasteiger partial charge < -0.3 is 15.2 Å². The number of aromatic hydroxyl groups is 1. The van der Waals surface area contributed by atoms with Crippen molar-refractivity contribution in [3.63, 3.8) is 0 Å². The van der Waals surface area contributed by atoms with Crippen LogP contribution in [0.1, 0.15) is 19.4 Å². The second-order valence-electron chi connectivity index (χ2n) is 5.33. The molecule has 0 fully saturated rings. The zero-order valence-corrected chi connectivity index (χ0v) is 12.3. The van der Waals surface area contributed by atoms with Crippen molar-refractivity contribution < 1.29 is 14.2 Å². The summed E-state index contributed by atoms with van der Waals surface area (Å²) in [4.78, 5) is 0. The van der Waals surface area contributed by atoms with Crippen LogP contribution in [-0.4, -0.2) is 11.7 Å². The van der Waals surface area contributed by atoms with E-state index in [0.29, 0.717) is 24.6 Å². The Labute approximate surface area is 124 Å². The van der Waals surface area contributed by atoms with Gasteiger partial charge >= 0.3 is 0 Å². The molecule has 0 aromatic heterocycles. The van der Waals surface area contributed by atoms with Crippen molar-refractivity contribution in [2.45, 2.75) is 20.4 Å². The third-order valence-electron chi connectivity index (χ3n) is 2.97.